The smallest absolute Gasteiger partial charge is 0.258 e. The molecule has 2 fully saturated rings. The Morgan fingerprint density at radius 1 is 1.18 bits per heavy atom. The number of hydrogen-bond acceptors (Lipinski definition) is 7. The van der Waals surface area contributed by atoms with Crippen molar-refractivity contribution in [3.63, 3.8) is 0 Å². The standard InChI is InChI=1S/C24H21FN6O3/c25-15-3-6-18-14(9-15)10-17(22(33)29-18)19(30-27)11-28-16-4-1-13(2-5-16)23(34)31-8-7-24(12-31)20(26)21(24)32/h1-6,9-11,20H,7-8,12,26-27H2,(H,29,33)/t20?,24-/m0/s1. The zero-order valence-corrected chi connectivity index (χ0v) is 18.0. The number of rotatable bonds is 4. The molecule has 34 heavy (non-hydrogen) atoms. The number of nitrogens with zero attached hydrogens (tertiary/aromatic N) is 3. The van der Waals surface area contributed by atoms with E-state index in [4.69, 9.17) is 11.6 Å². The number of halogens is 1. The fourth-order valence-corrected chi connectivity index (χ4v) is 4.42. The third-order valence-corrected chi connectivity index (χ3v) is 6.54. The average Bonchev–Trinajstić information content (AvgIpc) is 3.16. The van der Waals surface area contributed by atoms with Crippen LogP contribution in [0.5, 0.6) is 0 Å². The first-order chi connectivity index (χ1) is 16.3. The molecule has 1 aliphatic carbocycles. The third-order valence-electron chi connectivity index (χ3n) is 6.54. The number of ketones is 1. The van der Waals surface area contributed by atoms with Gasteiger partial charge >= 0.3 is 0 Å². The van der Waals surface area contributed by atoms with Crippen molar-refractivity contribution in [2.24, 2.45) is 27.1 Å². The maximum atomic E-state index is 13.6. The van der Waals surface area contributed by atoms with Crippen molar-refractivity contribution in [1.29, 1.82) is 0 Å². The number of carbonyl (C=O) groups excluding carboxylic acids is 2. The molecule has 1 amide bonds. The SMILES string of the molecule is NN=C(C=Nc1ccc(C(=O)N2CC[C@@]3(C2)C(=O)C3N)cc1)c1cc2cc(F)ccc2[nH]c1=O. The Labute approximate surface area is 193 Å². The van der Waals surface area contributed by atoms with Gasteiger partial charge in [0.1, 0.15) is 11.5 Å². The summed E-state index contributed by atoms with van der Waals surface area (Å²) in [6.07, 6.45) is 1.93. The number of nitrogens with two attached hydrogens (primary N) is 2. The van der Waals surface area contributed by atoms with E-state index >= 15 is 0 Å². The van der Waals surface area contributed by atoms with Gasteiger partial charge in [-0.3, -0.25) is 19.4 Å². The first-order valence-corrected chi connectivity index (χ1v) is 10.7. The second-order valence-electron chi connectivity index (χ2n) is 8.54. The Morgan fingerprint density at radius 2 is 1.91 bits per heavy atom. The molecule has 5 rings (SSSR count). The van der Waals surface area contributed by atoms with Crippen molar-refractivity contribution in [2.75, 3.05) is 13.1 Å². The molecule has 1 saturated carbocycles. The lowest BCUT2D eigenvalue weighted by Crippen LogP contribution is -2.30. The summed E-state index contributed by atoms with van der Waals surface area (Å²) in [5, 5.41) is 4.14. The number of carbonyl (C=O) groups is 2. The van der Waals surface area contributed by atoms with E-state index in [2.05, 4.69) is 15.1 Å². The van der Waals surface area contributed by atoms with Gasteiger partial charge in [0.15, 0.2) is 5.78 Å². The highest BCUT2D eigenvalue weighted by molar-refractivity contribution is 6.38. The monoisotopic (exact) mass is 460 g/mol. The maximum Gasteiger partial charge on any atom is 0.258 e. The Bertz CT molecular complexity index is 1450. The molecule has 2 aliphatic rings. The summed E-state index contributed by atoms with van der Waals surface area (Å²) in [5.41, 5.74) is 6.56. The fourth-order valence-electron chi connectivity index (χ4n) is 4.42. The summed E-state index contributed by atoms with van der Waals surface area (Å²) in [5.74, 6) is 4.90. The number of H-pyrrole nitrogens is 1. The van der Waals surface area contributed by atoms with Crippen LogP contribution in [0, 0.1) is 11.2 Å². The number of aliphatic imine (C=N–C) groups is 1. The van der Waals surface area contributed by atoms with Gasteiger partial charge in [0, 0.05) is 29.6 Å². The Kier molecular flexibility index (Phi) is 5.09. The fraction of sp³-hybridized carbons (Fsp3) is 0.208. The average molecular weight is 460 g/mol. The van der Waals surface area contributed by atoms with Crippen molar-refractivity contribution >= 4 is 40.2 Å². The number of hydrogen-bond donors (Lipinski definition) is 3. The molecule has 2 heterocycles. The van der Waals surface area contributed by atoms with Crippen LogP contribution in [0.25, 0.3) is 10.9 Å². The normalized spacial score (nSPS) is 22.3. The number of Topliss-reactive ketones (excluding diaryl/α,β-unsaturated/α-hetero) is 1. The van der Waals surface area contributed by atoms with E-state index in [0.717, 1.165) is 0 Å². The predicted molar refractivity (Wildman–Crippen MR) is 126 cm³/mol. The zero-order chi connectivity index (χ0) is 24.0. The minimum atomic E-state index is -0.551. The van der Waals surface area contributed by atoms with E-state index in [0.29, 0.717) is 41.7 Å². The second-order valence-corrected chi connectivity index (χ2v) is 8.54. The number of pyridine rings is 1. The van der Waals surface area contributed by atoms with Crippen LogP contribution in [0.3, 0.4) is 0 Å². The van der Waals surface area contributed by atoms with Crippen molar-refractivity contribution in [2.45, 2.75) is 12.5 Å². The molecule has 9 nitrogen and oxygen atoms in total. The number of aromatic nitrogens is 1. The van der Waals surface area contributed by atoms with E-state index in [1.54, 1.807) is 29.2 Å². The van der Waals surface area contributed by atoms with Gasteiger partial charge in [-0.05, 0) is 55.0 Å². The maximum absolute atomic E-state index is 13.6. The predicted octanol–water partition coefficient (Wildman–Crippen LogP) is 1.47. The Hall–Kier alpha value is -4.18. The number of amides is 1. The minimum absolute atomic E-state index is 0.0280. The van der Waals surface area contributed by atoms with Crippen LogP contribution < -0.4 is 17.1 Å². The van der Waals surface area contributed by atoms with E-state index in [1.807, 2.05) is 0 Å². The van der Waals surface area contributed by atoms with Crippen molar-refractivity contribution < 1.29 is 14.0 Å². The molecule has 2 atom stereocenters. The lowest BCUT2D eigenvalue weighted by atomic mass is 10.1. The van der Waals surface area contributed by atoms with Crippen LogP contribution >= 0.6 is 0 Å². The number of benzene rings is 2. The molecule has 0 bridgehead atoms. The van der Waals surface area contributed by atoms with Gasteiger partial charge in [0.25, 0.3) is 11.5 Å². The first kappa shape index (κ1) is 21.7. The van der Waals surface area contributed by atoms with Crippen LogP contribution in [0.2, 0.25) is 0 Å². The molecule has 10 heteroatoms. The van der Waals surface area contributed by atoms with Crippen LogP contribution in [-0.4, -0.2) is 52.6 Å². The number of fused-ring (bicyclic) bond motifs is 1. The zero-order valence-electron chi connectivity index (χ0n) is 18.0. The second kappa shape index (κ2) is 7.99. The highest BCUT2D eigenvalue weighted by atomic mass is 19.1. The summed E-state index contributed by atoms with van der Waals surface area (Å²) in [6.45, 7) is 0.852. The van der Waals surface area contributed by atoms with Crippen LogP contribution in [-0.2, 0) is 4.79 Å². The molecule has 1 aromatic heterocycles. The molecule has 2 aromatic carbocycles. The van der Waals surface area contributed by atoms with Gasteiger partial charge in [0.2, 0.25) is 0 Å². The quantitative estimate of drug-likeness (QED) is 0.306. The minimum Gasteiger partial charge on any atom is -0.338 e. The number of aromatic amines is 1. The van der Waals surface area contributed by atoms with Crippen LogP contribution in [0.4, 0.5) is 10.1 Å². The van der Waals surface area contributed by atoms with Gasteiger partial charge in [-0.1, -0.05) is 0 Å². The molecule has 1 unspecified atom stereocenters. The highest BCUT2D eigenvalue weighted by Crippen LogP contribution is 2.48. The largest absolute Gasteiger partial charge is 0.338 e. The van der Waals surface area contributed by atoms with Crippen LogP contribution in [0.1, 0.15) is 22.3 Å². The molecule has 0 radical (unpaired) electrons. The Balaban J connectivity index is 1.32. The molecule has 1 aliphatic heterocycles. The molecule has 5 N–H and O–H groups in total. The third kappa shape index (κ3) is 3.57. The summed E-state index contributed by atoms with van der Waals surface area (Å²) < 4.78 is 13.6. The molecular weight excluding hydrogens is 439 g/mol. The van der Waals surface area contributed by atoms with Crippen molar-refractivity contribution in [1.82, 2.24) is 9.88 Å². The summed E-state index contributed by atoms with van der Waals surface area (Å²) in [7, 11) is 0. The van der Waals surface area contributed by atoms with Crippen LogP contribution in [0.15, 0.2) is 63.4 Å². The van der Waals surface area contributed by atoms with E-state index in [9.17, 15) is 18.8 Å². The molecular formula is C24H21FN6O3. The summed E-state index contributed by atoms with van der Waals surface area (Å²) >= 11 is 0. The Morgan fingerprint density at radius 3 is 2.56 bits per heavy atom. The number of hydrazone groups is 1. The lowest BCUT2D eigenvalue weighted by Gasteiger charge is -2.16. The van der Waals surface area contributed by atoms with E-state index < -0.39 is 22.8 Å². The molecule has 172 valence electrons. The van der Waals surface area contributed by atoms with Crippen molar-refractivity contribution in [3.05, 3.63) is 75.8 Å². The molecule has 3 aromatic rings. The van der Waals surface area contributed by atoms with E-state index in [1.165, 1.54) is 30.5 Å². The van der Waals surface area contributed by atoms with Gasteiger partial charge < -0.3 is 21.5 Å². The highest BCUT2D eigenvalue weighted by Gasteiger charge is 2.65. The lowest BCUT2D eigenvalue weighted by molar-refractivity contribution is -0.112. The first-order valence-electron chi connectivity index (χ1n) is 10.7. The van der Waals surface area contributed by atoms with Crippen molar-refractivity contribution in [3.8, 4) is 0 Å². The van der Waals surface area contributed by atoms with Gasteiger partial charge in [-0.2, -0.15) is 5.10 Å². The van der Waals surface area contributed by atoms with Gasteiger partial charge in [-0.15, -0.1) is 0 Å². The number of likely N-dealkylation sites (tertiary alicyclic amines) is 1. The topological polar surface area (TPSA) is 147 Å². The van der Waals surface area contributed by atoms with Gasteiger partial charge in [0.05, 0.1) is 28.9 Å². The summed E-state index contributed by atoms with van der Waals surface area (Å²) in [6, 6.07) is 11.6. The summed E-state index contributed by atoms with van der Waals surface area (Å²) in [4.78, 5) is 45.7. The van der Waals surface area contributed by atoms with Gasteiger partial charge in [-0.25, -0.2) is 4.39 Å². The number of nitrogens with one attached hydrogen (secondary N) is 1. The molecule has 1 saturated heterocycles. The molecule has 1 spiro atoms. The van der Waals surface area contributed by atoms with E-state index in [-0.39, 0.29) is 23.0 Å².